The maximum atomic E-state index is 5.32. The highest BCUT2D eigenvalue weighted by atomic mass is 32.1. The minimum absolute atomic E-state index is 0.258. The summed E-state index contributed by atoms with van der Waals surface area (Å²) < 4.78 is 10.6. The van der Waals surface area contributed by atoms with Crippen molar-refractivity contribution < 1.29 is 9.47 Å². The smallest absolute Gasteiger partial charge is 0.231 e. The number of thiocarbonyl (C=S) groups is 1. The summed E-state index contributed by atoms with van der Waals surface area (Å²) in [6, 6.07) is 5.58. The molecule has 0 unspecified atom stereocenters. The van der Waals surface area contributed by atoms with Crippen LogP contribution in [0, 0.1) is 6.92 Å². The topological polar surface area (TPSA) is 68.3 Å². The van der Waals surface area contributed by atoms with Crippen LogP contribution >= 0.6 is 12.2 Å². The number of fused-ring (bicyclic) bond motifs is 1. The van der Waals surface area contributed by atoms with Crippen molar-refractivity contribution in [2.24, 2.45) is 0 Å². The molecule has 1 aliphatic rings. The van der Waals surface area contributed by atoms with Crippen molar-refractivity contribution in [3.05, 3.63) is 42.0 Å². The van der Waals surface area contributed by atoms with Gasteiger partial charge in [0.15, 0.2) is 16.6 Å². The molecule has 1 aromatic carbocycles. The zero-order valence-corrected chi connectivity index (χ0v) is 12.2. The van der Waals surface area contributed by atoms with E-state index >= 15 is 0 Å². The number of nitrogens with zero attached hydrogens (tertiary/aromatic N) is 2. The Morgan fingerprint density at radius 3 is 2.90 bits per heavy atom. The van der Waals surface area contributed by atoms with Gasteiger partial charge in [0, 0.05) is 18.0 Å². The number of hydrogen-bond acceptors (Lipinski definition) is 5. The van der Waals surface area contributed by atoms with Gasteiger partial charge in [-0.15, -0.1) is 0 Å². The van der Waals surface area contributed by atoms with Crippen LogP contribution in [0.5, 0.6) is 11.5 Å². The van der Waals surface area contributed by atoms with Gasteiger partial charge in [-0.3, -0.25) is 9.97 Å². The highest BCUT2D eigenvalue weighted by Gasteiger charge is 2.13. The van der Waals surface area contributed by atoms with Gasteiger partial charge in [0.2, 0.25) is 6.79 Å². The van der Waals surface area contributed by atoms with Gasteiger partial charge in [0.25, 0.3) is 0 Å². The van der Waals surface area contributed by atoms with E-state index in [0.29, 0.717) is 17.4 Å². The minimum atomic E-state index is 0.258. The zero-order valence-electron chi connectivity index (χ0n) is 11.4. The van der Waals surface area contributed by atoms with E-state index in [2.05, 4.69) is 20.6 Å². The van der Waals surface area contributed by atoms with E-state index in [1.807, 2.05) is 25.1 Å². The summed E-state index contributed by atoms with van der Waals surface area (Å²) in [4.78, 5) is 8.44. The quantitative estimate of drug-likeness (QED) is 0.840. The Kier molecular flexibility index (Phi) is 3.83. The van der Waals surface area contributed by atoms with Crippen molar-refractivity contribution >= 4 is 23.0 Å². The van der Waals surface area contributed by atoms with E-state index < -0.39 is 0 Å². The first-order valence-corrected chi connectivity index (χ1v) is 6.83. The lowest BCUT2D eigenvalue weighted by Gasteiger charge is -2.10. The fraction of sp³-hybridized carbons (Fsp3) is 0.214. The van der Waals surface area contributed by atoms with Gasteiger partial charge in [-0.1, -0.05) is 0 Å². The lowest BCUT2D eigenvalue weighted by molar-refractivity contribution is 0.174. The number of aryl methyl sites for hydroxylation is 1. The second-order valence-corrected chi connectivity index (χ2v) is 4.93. The van der Waals surface area contributed by atoms with Crippen LogP contribution in [0.2, 0.25) is 0 Å². The largest absolute Gasteiger partial charge is 0.454 e. The molecule has 3 rings (SSSR count). The summed E-state index contributed by atoms with van der Waals surface area (Å²) in [7, 11) is 0. The number of rotatable bonds is 3. The molecule has 2 N–H and O–H groups in total. The summed E-state index contributed by atoms with van der Waals surface area (Å²) in [6.45, 7) is 2.67. The van der Waals surface area contributed by atoms with Crippen LogP contribution in [0.25, 0.3) is 0 Å². The molecule has 0 fully saturated rings. The molecule has 108 valence electrons. The molecule has 0 bridgehead atoms. The lowest BCUT2D eigenvalue weighted by Crippen LogP contribution is -2.28. The third kappa shape index (κ3) is 3.38. The highest BCUT2D eigenvalue weighted by molar-refractivity contribution is 7.80. The Hall–Kier alpha value is -2.41. The summed E-state index contributed by atoms with van der Waals surface area (Å²) in [6.07, 6.45) is 3.46. The van der Waals surface area contributed by atoms with Crippen LogP contribution in [0.15, 0.2) is 30.6 Å². The lowest BCUT2D eigenvalue weighted by atomic mass is 10.3. The van der Waals surface area contributed by atoms with Gasteiger partial charge in [-0.05, 0) is 31.3 Å². The van der Waals surface area contributed by atoms with Gasteiger partial charge >= 0.3 is 0 Å². The molecule has 0 radical (unpaired) electrons. The highest BCUT2D eigenvalue weighted by Crippen LogP contribution is 2.34. The van der Waals surface area contributed by atoms with Crippen LogP contribution in [0.3, 0.4) is 0 Å². The normalized spacial score (nSPS) is 12.0. The third-order valence-corrected chi connectivity index (χ3v) is 3.14. The second-order valence-electron chi connectivity index (χ2n) is 4.52. The Bertz CT molecular complexity index is 661. The van der Waals surface area contributed by atoms with Crippen molar-refractivity contribution in [2.75, 3.05) is 12.1 Å². The van der Waals surface area contributed by atoms with Crippen LogP contribution in [-0.4, -0.2) is 21.9 Å². The van der Waals surface area contributed by atoms with Crippen molar-refractivity contribution in [1.29, 1.82) is 0 Å². The fourth-order valence-electron chi connectivity index (χ4n) is 1.83. The fourth-order valence-corrected chi connectivity index (χ4v) is 2.02. The number of anilines is 1. The van der Waals surface area contributed by atoms with Gasteiger partial charge in [0.1, 0.15) is 0 Å². The van der Waals surface area contributed by atoms with Crippen LogP contribution < -0.4 is 20.1 Å². The molecule has 2 aromatic rings. The number of benzene rings is 1. The molecular formula is C14H14N4O2S. The van der Waals surface area contributed by atoms with E-state index in [4.69, 9.17) is 21.7 Å². The van der Waals surface area contributed by atoms with E-state index in [9.17, 15) is 0 Å². The second kappa shape index (κ2) is 5.92. The molecule has 7 heteroatoms. The molecule has 1 aliphatic heterocycles. The van der Waals surface area contributed by atoms with Crippen LogP contribution in [-0.2, 0) is 6.54 Å². The maximum absolute atomic E-state index is 5.32. The van der Waals surface area contributed by atoms with E-state index in [0.717, 1.165) is 22.8 Å². The van der Waals surface area contributed by atoms with Gasteiger partial charge < -0.3 is 20.1 Å². The predicted octanol–water partition coefficient (Wildman–Crippen LogP) is 2.00. The van der Waals surface area contributed by atoms with Gasteiger partial charge in [-0.2, -0.15) is 0 Å². The first-order chi connectivity index (χ1) is 10.2. The molecule has 0 amide bonds. The van der Waals surface area contributed by atoms with Crippen molar-refractivity contribution in [2.45, 2.75) is 13.5 Å². The number of aromatic nitrogens is 2. The molecule has 0 aliphatic carbocycles. The molecule has 0 saturated heterocycles. The van der Waals surface area contributed by atoms with E-state index in [-0.39, 0.29) is 6.79 Å². The predicted molar refractivity (Wildman–Crippen MR) is 82.4 cm³/mol. The molecule has 0 saturated carbocycles. The SMILES string of the molecule is Cc1cnc(CNC(=S)Nc2ccc3c(c2)OCO3)cn1. The molecule has 0 atom stereocenters. The zero-order chi connectivity index (χ0) is 14.7. The monoisotopic (exact) mass is 302 g/mol. The van der Waals surface area contributed by atoms with E-state index in [1.165, 1.54) is 0 Å². The Balaban J connectivity index is 1.55. The Morgan fingerprint density at radius 2 is 2.10 bits per heavy atom. The molecule has 21 heavy (non-hydrogen) atoms. The summed E-state index contributed by atoms with van der Waals surface area (Å²) >= 11 is 5.25. The molecule has 1 aromatic heterocycles. The van der Waals surface area contributed by atoms with Crippen LogP contribution in [0.4, 0.5) is 5.69 Å². The van der Waals surface area contributed by atoms with Crippen LogP contribution in [0.1, 0.15) is 11.4 Å². The molecular weight excluding hydrogens is 288 g/mol. The number of nitrogens with one attached hydrogen (secondary N) is 2. The number of ether oxygens (including phenoxy) is 2. The minimum Gasteiger partial charge on any atom is -0.454 e. The van der Waals surface area contributed by atoms with Gasteiger partial charge in [0.05, 0.1) is 24.1 Å². The first-order valence-electron chi connectivity index (χ1n) is 6.43. The molecule has 2 heterocycles. The van der Waals surface area contributed by atoms with Crippen molar-refractivity contribution in [3.63, 3.8) is 0 Å². The Labute approximate surface area is 127 Å². The first kappa shape index (κ1) is 13.6. The van der Waals surface area contributed by atoms with Gasteiger partial charge in [-0.25, -0.2) is 0 Å². The van der Waals surface area contributed by atoms with E-state index in [1.54, 1.807) is 12.4 Å². The average molecular weight is 302 g/mol. The standard InChI is InChI=1S/C14H14N4O2S/c1-9-5-16-11(6-15-9)7-17-14(21)18-10-2-3-12-13(4-10)20-8-19-12/h2-6H,7-8H2,1H3,(H2,17,18,21). The summed E-state index contributed by atoms with van der Waals surface area (Å²) in [5, 5.41) is 6.68. The molecule has 6 nitrogen and oxygen atoms in total. The van der Waals surface area contributed by atoms with Crippen molar-refractivity contribution in [3.8, 4) is 11.5 Å². The Morgan fingerprint density at radius 1 is 1.24 bits per heavy atom. The summed E-state index contributed by atoms with van der Waals surface area (Å²) in [5.41, 5.74) is 2.56. The molecule has 0 spiro atoms. The maximum Gasteiger partial charge on any atom is 0.231 e. The summed E-state index contributed by atoms with van der Waals surface area (Å²) in [5.74, 6) is 1.46. The van der Waals surface area contributed by atoms with Crippen molar-refractivity contribution in [1.82, 2.24) is 15.3 Å². The number of hydrogen-bond donors (Lipinski definition) is 2. The average Bonchev–Trinajstić information content (AvgIpc) is 2.94. The third-order valence-electron chi connectivity index (χ3n) is 2.89.